The van der Waals surface area contributed by atoms with Gasteiger partial charge < -0.3 is 5.73 Å². The van der Waals surface area contributed by atoms with E-state index in [1.165, 1.54) is 42.5 Å². The van der Waals surface area contributed by atoms with Gasteiger partial charge in [0.15, 0.2) is 9.84 Å². The minimum Gasteiger partial charge on any atom is -0.327 e. The first kappa shape index (κ1) is 23.3. The Hall–Kier alpha value is -0.670. The summed E-state index contributed by atoms with van der Waals surface area (Å²) in [6, 6.07) is 5.39. The lowest BCUT2D eigenvalue weighted by Gasteiger charge is -2.21. The van der Waals surface area contributed by atoms with E-state index in [2.05, 4.69) is 0 Å². The molecule has 1 aromatic carbocycles. The highest BCUT2D eigenvalue weighted by Crippen LogP contribution is 2.20. The zero-order chi connectivity index (χ0) is 17.8. The summed E-state index contributed by atoms with van der Waals surface area (Å²) < 4.78 is 50.2. The van der Waals surface area contributed by atoms with E-state index in [1.807, 2.05) is 13.8 Å². The Kier molecular flexibility index (Phi) is 8.89. The third kappa shape index (κ3) is 5.70. The molecule has 6 nitrogen and oxygen atoms in total. The van der Waals surface area contributed by atoms with Crippen molar-refractivity contribution in [3.8, 4) is 0 Å². The van der Waals surface area contributed by atoms with Crippen molar-refractivity contribution in [3.05, 3.63) is 24.3 Å². The second-order valence-electron chi connectivity index (χ2n) is 5.90. The number of benzene rings is 1. The zero-order valence-corrected chi connectivity index (χ0v) is 16.9. The molecule has 1 rings (SSSR count). The Morgan fingerprint density at radius 1 is 1.12 bits per heavy atom. The van der Waals surface area contributed by atoms with Crippen LogP contribution in [0.3, 0.4) is 0 Å². The molecule has 0 saturated carbocycles. The van der Waals surface area contributed by atoms with E-state index >= 15 is 0 Å². The van der Waals surface area contributed by atoms with Crippen molar-refractivity contribution in [1.29, 1.82) is 0 Å². The van der Waals surface area contributed by atoms with Crippen molar-refractivity contribution < 1.29 is 16.8 Å². The Morgan fingerprint density at radius 2 is 1.67 bits per heavy atom. The molecule has 9 heteroatoms. The van der Waals surface area contributed by atoms with E-state index in [0.29, 0.717) is 6.42 Å². The van der Waals surface area contributed by atoms with Crippen LogP contribution in [0.25, 0.3) is 0 Å². The van der Waals surface area contributed by atoms with Gasteiger partial charge in [-0.15, -0.1) is 12.4 Å². The lowest BCUT2D eigenvalue weighted by molar-refractivity contribution is 0.397. The van der Waals surface area contributed by atoms with Crippen LogP contribution in [-0.2, 0) is 19.9 Å². The van der Waals surface area contributed by atoms with Crippen molar-refractivity contribution in [2.75, 3.05) is 19.3 Å². The summed E-state index contributed by atoms with van der Waals surface area (Å²) in [7, 11) is -5.71. The molecule has 24 heavy (non-hydrogen) atoms. The van der Waals surface area contributed by atoms with Crippen molar-refractivity contribution in [3.63, 3.8) is 0 Å². The number of hydrogen-bond donors (Lipinski definition) is 1. The van der Waals surface area contributed by atoms with E-state index in [1.54, 1.807) is 0 Å². The first-order chi connectivity index (χ1) is 10.5. The van der Waals surface area contributed by atoms with E-state index in [4.69, 9.17) is 5.73 Å². The molecular formula is C15H27ClN2O4S2. The van der Waals surface area contributed by atoms with Gasteiger partial charge in [-0.05, 0) is 30.5 Å². The molecule has 0 spiro atoms. The van der Waals surface area contributed by atoms with Gasteiger partial charge in [0.05, 0.1) is 15.5 Å². The minimum atomic E-state index is -3.74. The average Bonchev–Trinajstić information content (AvgIpc) is 2.51. The highest BCUT2D eigenvalue weighted by atomic mass is 35.5. The van der Waals surface area contributed by atoms with E-state index in [9.17, 15) is 16.8 Å². The molecule has 0 amide bonds. The SMILES string of the molecule is CCS(=O)(=O)c1cccc(S(=O)(=O)N(C)CCC(N)C(C)C)c1.Cl. The summed E-state index contributed by atoms with van der Waals surface area (Å²) in [6.45, 7) is 5.78. The van der Waals surface area contributed by atoms with Crippen LogP contribution in [0.2, 0.25) is 0 Å². The summed E-state index contributed by atoms with van der Waals surface area (Å²) in [4.78, 5) is 0.000926. The molecule has 1 unspecified atom stereocenters. The highest BCUT2D eigenvalue weighted by Gasteiger charge is 2.23. The van der Waals surface area contributed by atoms with E-state index in [-0.39, 0.29) is 46.5 Å². The maximum Gasteiger partial charge on any atom is 0.242 e. The van der Waals surface area contributed by atoms with Gasteiger partial charge in [-0.1, -0.05) is 26.8 Å². The lowest BCUT2D eigenvalue weighted by Crippen LogP contribution is -2.34. The monoisotopic (exact) mass is 398 g/mol. The molecule has 0 radical (unpaired) electrons. The number of rotatable bonds is 8. The van der Waals surface area contributed by atoms with Crippen molar-refractivity contribution in [2.45, 2.75) is 43.0 Å². The molecule has 0 bridgehead atoms. The quantitative estimate of drug-likeness (QED) is 0.721. The first-order valence-corrected chi connectivity index (χ1v) is 10.7. The lowest BCUT2D eigenvalue weighted by atomic mass is 10.0. The van der Waals surface area contributed by atoms with Gasteiger partial charge >= 0.3 is 0 Å². The Bertz CT molecular complexity index is 734. The molecule has 1 atom stereocenters. The second-order valence-corrected chi connectivity index (χ2v) is 10.2. The van der Waals surface area contributed by atoms with Crippen LogP contribution < -0.4 is 5.73 Å². The summed E-state index contributed by atoms with van der Waals surface area (Å²) in [5.74, 6) is 0.194. The first-order valence-electron chi connectivity index (χ1n) is 7.57. The second kappa shape index (κ2) is 9.15. The molecule has 0 aromatic heterocycles. The van der Waals surface area contributed by atoms with Crippen molar-refractivity contribution >= 4 is 32.3 Å². The van der Waals surface area contributed by atoms with Crippen LogP contribution in [-0.4, -0.2) is 46.5 Å². The van der Waals surface area contributed by atoms with E-state index < -0.39 is 19.9 Å². The maximum atomic E-state index is 12.6. The molecule has 1 aromatic rings. The van der Waals surface area contributed by atoms with Gasteiger partial charge in [-0.2, -0.15) is 0 Å². The van der Waals surface area contributed by atoms with Gasteiger partial charge in [0.1, 0.15) is 0 Å². The van der Waals surface area contributed by atoms with Crippen LogP contribution in [0.1, 0.15) is 27.2 Å². The number of halogens is 1. The number of sulfonamides is 1. The topological polar surface area (TPSA) is 97.5 Å². The molecule has 0 heterocycles. The average molecular weight is 399 g/mol. The fourth-order valence-electron chi connectivity index (χ4n) is 1.96. The van der Waals surface area contributed by atoms with Crippen LogP contribution >= 0.6 is 12.4 Å². The Balaban J connectivity index is 0.00000529. The minimum absolute atomic E-state index is 0. The predicted molar refractivity (Wildman–Crippen MR) is 98.7 cm³/mol. The summed E-state index contributed by atoms with van der Waals surface area (Å²) in [5, 5.41) is 0. The van der Waals surface area contributed by atoms with Crippen LogP contribution in [0.4, 0.5) is 0 Å². The number of sulfone groups is 1. The van der Waals surface area contributed by atoms with Crippen LogP contribution in [0, 0.1) is 5.92 Å². The summed E-state index contributed by atoms with van der Waals surface area (Å²) in [6.07, 6.45) is 0.542. The van der Waals surface area contributed by atoms with Crippen LogP contribution in [0.15, 0.2) is 34.1 Å². The van der Waals surface area contributed by atoms with Gasteiger partial charge in [0.25, 0.3) is 0 Å². The smallest absolute Gasteiger partial charge is 0.242 e. The molecular weight excluding hydrogens is 372 g/mol. The van der Waals surface area contributed by atoms with Crippen molar-refractivity contribution in [2.24, 2.45) is 11.7 Å². The fourth-order valence-corrected chi connectivity index (χ4v) is 4.19. The Morgan fingerprint density at radius 3 is 2.17 bits per heavy atom. The van der Waals surface area contributed by atoms with Gasteiger partial charge in [-0.3, -0.25) is 0 Å². The summed E-state index contributed by atoms with van der Waals surface area (Å²) in [5.41, 5.74) is 5.95. The van der Waals surface area contributed by atoms with Gasteiger partial charge in [0.2, 0.25) is 10.0 Å². The number of nitrogens with zero attached hydrogens (tertiary/aromatic N) is 1. The Labute approximate surface area is 151 Å². The molecule has 0 aliphatic carbocycles. The van der Waals surface area contributed by atoms with E-state index in [0.717, 1.165) is 0 Å². The molecule has 2 N–H and O–H groups in total. The molecule has 0 aliphatic rings. The number of nitrogens with two attached hydrogens (primary N) is 1. The maximum absolute atomic E-state index is 12.6. The predicted octanol–water partition coefficient (Wildman–Crippen LogP) is 1.90. The zero-order valence-electron chi connectivity index (χ0n) is 14.5. The fraction of sp³-hybridized carbons (Fsp3) is 0.600. The summed E-state index contributed by atoms with van der Waals surface area (Å²) >= 11 is 0. The standard InChI is InChI=1S/C15H26N2O4S2.ClH/c1-5-22(18,19)13-7-6-8-14(11-13)23(20,21)17(4)10-9-15(16)12(2)3;/h6-8,11-12,15H,5,9-10,16H2,1-4H3;1H. The highest BCUT2D eigenvalue weighted by molar-refractivity contribution is 7.91. The normalized spacial score (nSPS) is 13.8. The van der Waals surface area contributed by atoms with Crippen molar-refractivity contribution in [1.82, 2.24) is 4.31 Å². The van der Waals surface area contributed by atoms with Gasteiger partial charge in [-0.25, -0.2) is 21.1 Å². The van der Waals surface area contributed by atoms with Gasteiger partial charge in [0, 0.05) is 19.6 Å². The largest absolute Gasteiger partial charge is 0.327 e. The third-order valence-electron chi connectivity index (χ3n) is 3.89. The third-order valence-corrected chi connectivity index (χ3v) is 7.47. The number of hydrogen-bond acceptors (Lipinski definition) is 5. The molecule has 140 valence electrons. The molecule has 0 aliphatic heterocycles. The molecule has 0 fully saturated rings. The molecule has 0 saturated heterocycles. The van der Waals surface area contributed by atoms with Crippen LogP contribution in [0.5, 0.6) is 0 Å².